The van der Waals surface area contributed by atoms with Crippen molar-refractivity contribution < 1.29 is 57.6 Å². The third kappa shape index (κ3) is 30.8. The van der Waals surface area contributed by atoms with Gasteiger partial charge >= 0.3 is 5.97 Å². The number of ether oxygens (including phenoxy) is 4. The van der Waals surface area contributed by atoms with Crippen molar-refractivity contribution in [1.82, 2.24) is 21.3 Å². The molecule has 0 aliphatic rings. The number of alkyl halides is 1. The summed E-state index contributed by atoms with van der Waals surface area (Å²) in [6.07, 6.45) is 5.00. The summed E-state index contributed by atoms with van der Waals surface area (Å²) in [5.74, 6) is -5.05. The number of halogens is 1. The summed E-state index contributed by atoms with van der Waals surface area (Å²) in [6.45, 7) is 11.1. The summed E-state index contributed by atoms with van der Waals surface area (Å²) in [6, 6.07) is 6.54. The number of carbonyl (C=O) groups is 7. The normalized spacial score (nSPS) is 13.6. The monoisotopic (exact) mass is 981 g/mol. The molecule has 0 aliphatic carbocycles. The van der Waals surface area contributed by atoms with Crippen LogP contribution in [-0.2, 0) is 58.9 Å². The predicted molar refractivity (Wildman–Crippen MR) is 261 cm³/mol. The number of benzene rings is 1. The molecule has 19 heteroatoms. The van der Waals surface area contributed by atoms with E-state index in [0.29, 0.717) is 63.8 Å². The molecule has 1 aromatic rings. The van der Waals surface area contributed by atoms with Gasteiger partial charge < -0.3 is 51.1 Å². The van der Waals surface area contributed by atoms with Gasteiger partial charge in [-0.1, -0.05) is 57.0 Å². The van der Waals surface area contributed by atoms with Gasteiger partial charge in [0.05, 0.1) is 44.0 Å². The van der Waals surface area contributed by atoms with Crippen LogP contribution in [0.3, 0.4) is 0 Å². The lowest BCUT2D eigenvalue weighted by atomic mass is 9.90. The molecule has 0 aromatic heterocycles. The Morgan fingerprint density at radius 1 is 0.735 bits per heavy atom. The Balaban J connectivity index is 2.74. The van der Waals surface area contributed by atoms with Crippen LogP contribution in [0, 0.1) is 17.8 Å². The first-order valence-electron chi connectivity index (χ1n) is 24.0. The van der Waals surface area contributed by atoms with Gasteiger partial charge in [-0.25, -0.2) is 4.79 Å². The second kappa shape index (κ2) is 36.5. The van der Waals surface area contributed by atoms with Gasteiger partial charge in [0.2, 0.25) is 17.7 Å². The number of guanidine groups is 1. The molecule has 0 bridgehead atoms. The molecule has 0 unspecified atom stereocenters. The van der Waals surface area contributed by atoms with Crippen molar-refractivity contribution in [2.24, 2.45) is 28.5 Å². The number of carbonyl (C=O) groups excluding carboxylic acids is 6. The Hall–Kier alpha value is -4.49. The zero-order chi connectivity index (χ0) is 50.7. The van der Waals surface area contributed by atoms with Crippen molar-refractivity contribution in [3.8, 4) is 0 Å². The number of hydrogen-bond acceptors (Lipinski definition) is 12. The van der Waals surface area contributed by atoms with Crippen LogP contribution in [-0.4, -0.2) is 142 Å². The number of aliphatic carboxylic acids is 1. The molecule has 0 radical (unpaired) electrons. The quantitative estimate of drug-likeness (QED) is 0.0232. The first kappa shape index (κ1) is 61.5. The van der Waals surface area contributed by atoms with Crippen LogP contribution in [0.2, 0.25) is 0 Å². The largest absolute Gasteiger partial charge is 0.480 e. The minimum Gasteiger partial charge on any atom is -0.480 e. The van der Waals surface area contributed by atoms with Crippen molar-refractivity contribution in [3.63, 3.8) is 0 Å². The van der Waals surface area contributed by atoms with E-state index in [1.807, 2.05) is 0 Å². The summed E-state index contributed by atoms with van der Waals surface area (Å²) >= 11 is 5.67. The van der Waals surface area contributed by atoms with Crippen LogP contribution >= 0.6 is 11.6 Å². The Morgan fingerprint density at radius 2 is 1.40 bits per heavy atom. The van der Waals surface area contributed by atoms with E-state index in [9.17, 15) is 38.7 Å². The van der Waals surface area contributed by atoms with Crippen molar-refractivity contribution in [2.75, 3.05) is 72.3 Å². The van der Waals surface area contributed by atoms with Crippen LogP contribution < -0.4 is 27.0 Å². The number of nitrogens with two attached hydrogens (primary N) is 1. The highest BCUT2D eigenvalue weighted by molar-refractivity contribution is 6.17. The van der Waals surface area contributed by atoms with E-state index in [4.69, 9.17) is 36.3 Å². The smallest absolute Gasteiger partial charge is 0.326 e. The molecule has 18 nitrogen and oxygen atoms in total. The van der Waals surface area contributed by atoms with Gasteiger partial charge in [0, 0.05) is 83.7 Å². The third-order valence-electron chi connectivity index (χ3n) is 10.6. The minimum absolute atomic E-state index is 0.0272. The molecular weight excluding hydrogens is 900 g/mol. The molecule has 4 atom stereocenters. The number of carboxylic acid groups (broad SMARTS) is 1. The van der Waals surface area contributed by atoms with Crippen molar-refractivity contribution in [3.05, 3.63) is 35.9 Å². The molecule has 1 aromatic carbocycles. The predicted octanol–water partition coefficient (Wildman–Crippen LogP) is 4.31. The Bertz CT molecular complexity index is 1680. The molecule has 7 N–H and O–H groups in total. The second-order valence-electron chi connectivity index (χ2n) is 18.1. The highest BCUT2D eigenvalue weighted by Gasteiger charge is 2.34. The second-order valence-corrected chi connectivity index (χ2v) is 18.5. The number of unbranched alkanes of at least 4 members (excludes halogenated alkanes) is 3. The first-order chi connectivity index (χ1) is 32.4. The topological polar surface area (TPSA) is 263 Å². The van der Waals surface area contributed by atoms with Crippen molar-refractivity contribution >= 4 is 58.6 Å². The fourth-order valence-electron chi connectivity index (χ4n) is 6.74. The zero-order valence-electron chi connectivity index (χ0n) is 41.4. The fourth-order valence-corrected chi connectivity index (χ4v) is 6.93. The molecule has 0 fully saturated rings. The molecule has 0 aliphatic heterocycles. The number of aliphatic imine (C=N–C) groups is 1. The van der Waals surface area contributed by atoms with Gasteiger partial charge in [0.25, 0.3) is 0 Å². The van der Waals surface area contributed by atoms with Gasteiger partial charge in [-0.05, 0) is 64.4 Å². The van der Waals surface area contributed by atoms with Gasteiger partial charge in [-0.15, -0.1) is 11.6 Å². The number of amides is 3. The maximum absolute atomic E-state index is 14.0. The van der Waals surface area contributed by atoms with Crippen molar-refractivity contribution in [1.29, 1.82) is 0 Å². The van der Waals surface area contributed by atoms with Crippen LogP contribution in [0.1, 0.15) is 117 Å². The molecule has 3 amide bonds. The zero-order valence-corrected chi connectivity index (χ0v) is 42.1. The maximum Gasteiger partial charge on any atom is 0.326 e. The average Bonchev–Trinajstić information content (AvgIpc) is 3.29. The summed E-state index contributed by atoms with van der Waals surface area (Å²) in [5.41, 5.74) is 5.79. The first-order valence-corrected chi connectivity index (χ1v) is 24.5. The van der Waals surface area contributed by atoms with Crippen LogP contribution in [0.25, 0.3) is 0 Å². The summed E-state index contributed by atoms with van der Waals surface area (Å²) < 4.78 is 22.5. The molecular formula is C49H81ClN6O12. The molecule has 0 spiro atoms. The van der Waals surface area contributed by atoms with E-state index in [-0.39, 0.29) is 88.2 Å². The average molecular weight is 982 g/mol. The number of nitrogens with zero attached hydrogens (tertiary/aromatic N) is 1. The number of hydrogen-bond donors (Lipinski definition) is 6. The number of rotatable bonds is 40. The highest BCUT2D eigenvalue weighted by Crippen LogP contribution is 2.19. The van der Waals surface area contributed by atoms with E-state index in [2.05, 4.69) is 26.3 Å². The molecule has 0 heterocycles. The number of ketones is 3. The Kier molecular flexibility index (Phi) is 33.0. The highest BCUT2D eigenvalue weighted by atomic mass is 35.5. The maximum atomic E-state index is 14.0. The Labute approximate surface area is 408 Å². The lowest BCUT2D eigenvalue weighted by molar-refractivity contribution is -0.144. The molecule has 386 valence electrons. The van der Waals surface area contributed by atoms with Crippen LogP contribution in [0.5, 0.6) is 0 Å². The Morgan fingerprint density at radius 3 is 2.04 bits per heavy atom. The molecule has 0 saturated carbocycles. The van der Waals surface area contributed by atoms with Gasteiger partial charge in [-0.2, -0.15) is 0 Å². The van der Waals surface area contributed by atoms with Gasteiger partial charge in [-0.3, -0.25) is 33.8 Å². The van der Waals surface area contributed by atoms with Crippen LogP contribution in [0.4, 0.5) is 0 Å². The number of nitrogens with one attached hydrogen (secondary N) is 4. The van der Waals surface area contributed by atoms with E-state index >= 15 is 0 Å². The summed E-state index contributed by atoms with van der Waals surface area (Å²) in [4.78, 5) is 95.4. The van der Waals surface area contributed by atoms with E-state index < -0.39 is 59.0 Å². The lowest BCUT2D eigenvalue weighted by Gasteiger charge is -2.28. The number of Topliss-reactive ketones (excluding diaryl/α,β-unsaturated/α-hetero) is 3. The SMILES string of the molecule is CN=C(N)NCCC[C@H](CC(=O)COCCCC(=O)CCC(=O)NCCOCCOCCCCCCCl)C(=O)N[C@H](C(=O)C[C@@H](COC(C)(C)C)C(=O)N[C@@H](Cc1ccccc1)C(=O)O)C(C)C. The lowest BCUT2D eigenvalue weighted by Crippen LogP contribution is -2.50. The van der Waals surface area contributed by atoms with E-state index in [1.54, 1.807) is 65.0 Å². The summed E-state index contributed by atoms with van der Waals surface area (Å²) in [7, 11) is 1.53. The number of carboxylic acids is 1. The molecule has 0 saturated heterocycles. The summed E-state index contributed by atoms with van der Waals surface area (Å²) in [5, 5.41) is 21.0. The van der Waals surface area contributed by atoms with E-state index in [1.165, 1.54) is 7.05 Å². The van der Waals surface area contributed by atoms with Crippen molar-refractivity contribution in [2.45, 2.75) is 136 Å². The third-order valence-corrected chi connectivity index (χ3v) is 10.9. The van der Waals surface area contributed by atoms with Gasteiger partial charge in [0.1, 0.15) is 18.4 Å². The molecule has 1 rings (SSSR count). The van der Waals surface area contributed by atoms with Crippen LogP contribution in [0.15, 0.2) is 35.3 Å². The molecule has 68 heavy (non-hydrogen) atoms. The minimum atomic E-state index is -1.26. The van der Waals surface area contributed by atoms with E-state index in [0.717, 1.165) is 25.7 Å². The standard InChI is InChI=1S/C49H81ClN6O12/c1-35(2)44(42(59)32-38(33-68-49(3,4)5)46(62)55-41(47(63)64)30-36-16-10-9-11-17-36)56-45(61)37(18-14-23-54-48(51)52-6)31-40(58)34-67-26-15-19-39(57)20-21-43(60)53-24-27-66-29-28-65-25-13-8-7-12-22-50/h9-11,16-17,35,37-38,41,44H,7-8,12-15,18-34H2,1-6H3,(H,53,60)(H,55,62)(H,56,61)(H,63,64)(H3,51,52,54)/t37-,38+,41+,44+/m1/s1. The van der Waals surface area contributed by atoms with Gasteiger partial charge in [0.15, 0.2) is 17.5 Å². The fraction of sp³-hybridized carbons (Fsp3) is 0.714.